The maximum atomic E-state index is 12.6. The van der Waals surface area contributed by atoms with E-state index in [-0.39, 0.29) is 12.5 Å². The Morgan fingerprint density at radius 1 is 1.47 bits per heavy atom. The van der Waals surface area contributed by atoms with Crippen LogP contribution in [0.5, 0.6) is 0 Å². The molecular formula is C14H20N2O2S. The first-order valence-corrected chi connectivity index (χ1v) is 7.35. The third-order valence-corrected chi connectivity index (χ3v) is 4.98. The number of hydrogen-bond donors (Lipinski definition) is 2. The van der Waals surface area contributed by atoms with Crippen LogP contribution in [0.25, 0.3) is 0 Å². The van der Waals surface area contributed by atoms with Gasteiger partial charge in [-0.1, -0.05) is 6.92 Å². The Kier molecular flexibility index (Phi) is 4.06. The van der Waals surface area contributed by atoms with Gasteiger partial charge in [0.25, 0.3) is 0 Å². The molecule has 0 radical (unpaired) electrons. The van der Waals surface area contributed by atoms with E-state index in [9.17, 15) is 4.79 Å². The molecule has 19 heavy (non-hydrogen) atoms. The van der Waals surface area contributed by atoms with E-state index in [0.717, 1.165) is 17.0 Å². The first kappa shape index (κ1) is 14.2. The smallest absolute Gasteiger partial charge is 0.243 e. The van der Waals surface area contributed by atoms with Crippen molar-refractivity contribution < 1.29 is 9.90 Å². The van der Waals surface area contributed by atoms with Gasteiger partial charge in [0.15, 0.2) is 0 Å². The molecule has 0 aliphatic carbocycles. The number of nitrogens with two attached hydrogens (primary N) is 1. The van der Waals surface area contributed by atoms with Crippen LogP contribution in [0.15, 0.2) is 23.1 Å². The van der Waals surface area contributed by atoms with Gasteiger partial charge in [-0.05, 0) is 38.0 Å². The fraction of sp³-hybridized carbons (Fsp3) is 0.500. The van der Waals surface area contributed by atoms with Crippen molar-refractivity contribution in [3.8, 4) is 0 Å². The Morgan fingerprint density at radius 3 is 2.84 bits per heavy atom. The lowest BCUT2D eigenvalue weighted by Crippen LogP contribution is -2.48. The summed E-state index contributed by atoms with van der Waals surface area (Å²) in [6.45, 7) is 4.62. The molecule has 0 bridgehead atoms. The zero-order valence-electron chi connectivity index (χ0n) is 11.3. The van der Waals surface area contributed by atoms with E-state index < -0.39 is 4.75 Å². The topological polar surface area (TPSA) is 66.6 Å². The fourth-order valence-corrected chi connectivity index (χ4v) is 3.50. The van der Waals surface area contributed by atoms with Crippen molar-refractivity contribution >= 4 is 29.0 Å². The summed E-state index contributed by atoms with van der Waals surface area (Å²) in [5.74, 6) is 0.116. The molecule has 1 heterocycles. The molecule has 0 spiro atoms. The van der Waals surface area contributed by atoms with Crippen LogP contribution >= 0.6 is 11.8 Å². The second kappa shape index (κ2) is 5.43. The van der Waals surface area contributed by atoms with Crippen LogP contribution in [-0.2, 0) is 4.79 Å². The first-order chi connectivity index (χ1) is 9.01. The molecule has 1 aromatic carbocycles. The third-order valence-electron chi connectivity index (χ3n) is 3.52. The normalized spacial score (nSPS) is 22.5. The summed E-state index contributed by atoms with van der Waals surface area (Å²) < 4.78 is -0.448. The van der Waals surface area contributed by atoms with Crippen LogP contribution in [0, 0.1) is 0 Å². The molecule has 3 N–H and O–H groups in total. The quantitative estimate of drug-likeness (QED) is 0.830. The van der Waals surface area contributed by atoms with Crippen LogP contribution < -0.4 is 10.6 Å². The Balaban J connectivity index is 2.43. The Labute approximate surface area is 118 Å². The lowest BCUT2D eigenvalue weighted by molar-refractivity contribution is -0.120. The number of anilines is 2. The minimum atomic E-state index is -0.448. The highest BCUT2D eigenvalue weighted by atomic mass is 32.2. The number of amides is 1. The SMILES string of the molecule is CCC1(C)Sc2cc(N)ccc2N(CCCO)C1=O. The highest BCUT2D eigenvalue weighted by Gasteiger charge is 2.41. The number of aliphatic hydroxyl groups excluding tert-OH is 1. The van der Waals surface area contributed by atoms with Crippen LogP contribution in [0.4, 0.5) is 11.4 Å². The summed E-state index contributed by atoms with van der Waals surface area (Å²) in [6.07, 6.45) is 1.35. The maximum Gasteiger partial charge on any atom is 0.243 e. The van der Waals surface area contributed by atoms with Crippen molar-refractivity contribution in [3.63, 3.8) is 0 Å². The van der Waals surface area contributed by atoms with Crippen molar-refractivity contribution in [1.82, 2.24) is 0 Å². The summed E-state index contributed by atoms with van der Waals surface area (Å²) in [5, 5.41) is 9.00. The van der Waals surface area contributed by atoms with E-state index in [0.29, 0.717) is 18.7 Å². The number of fused-ring (bicyclic) bond motifs is 1. The van der Waals surface area contributed by atoms with Gasteiger partial charge in [-0.3, -0.25) is 4.79 Å². The van der Waals surface area contributed by atoms with Crippen molar-refractivity contribution in [2.45, 2.75) is 36.3 Å². The van der Waals surface area contributed by atoms with Crippen LogP contribution in [0.3, 0.4) is 0 Å². The summed E-state index contributed by atoms with van der Waals surface area (Å²) in [6, 6.07) is 5.63. The molecular weight excluding hydrogens is 260 g/mol. The molecule has 104 valence electrons. The minimum absolute atomic E-state index is 0.0874. The molecule has 0 saturated heterocycles. The number of nitrogens with zero attached hydrogens (tertiary/aromatic N) is 1. The van der Waals surface area contributed by atoms with Crippen LogP contribution in [-0.4, -0.2) is 28.9 Å². The van der Waals surface area contributed by atoms with E-state index >= 15 is 0 Å². The van der Waals surface area contributed by atoms with Crippen LogP contribution in [0.1, 0.15) is 26.7 Å². The first-order valence-electron chi connectivity index (χ1n) is 6.53. The lowest BCUT2D eigenvalue weighted by Gasteiger charge is -2.39. The van der Waals surface area contributed by atoms with Crippen molar-refractivity contribution in [2.24, 2.45) is 0 Å². The van der Waals surface area contributed by atoms with E-state index in [1.807, 2.05) is 32.0 Å². The Bertz CT molecular complexity index is 492. The van der Waals surface area contributed by atoms with Gasteiger partial charge < -0.3 is 15.7 Å². The van der Waals surface area contributed by atoms with Crippen molar-refractivity contribution in [2.75, 3.05) is 23.8 Å². The average Bonchev–Trinajstić information content (AvgIpc) is 2.39. The number of hydrogen-bond acceptors (Lipinski definition) is 4. The average molecular weight is 280 g/mol. The standard InChI is InChI=1S/C14H20N2O2S/c1-3-14(2)13(18)16(7-4-8-17)11-6-5-10(15)9-12(11)19-14/h5-6,9,17H,3-4,7-8,15H2,1-2H3. The molecule has 0 fully saturated rings. The molecule has 1 amide bonds. The van der Waals surface area contributed by atoms with E-state index in [1.54, 1.807) is 16.7 Å². The van der Waals surface area contributed by atoms with E-state index in [2.05, 4.69) is 0 Å². The van der Waals surface area contributed by atoms with Gasteiger partial charge in [-0.25, -0.2) is 0 Å². The molecule has 1 aliphatic rings. The maximum absolute atomic E-state index is 12.6. The lowest BCUT2D eigenvalue weighted by atomic mass is 10.0. The Morgan fingerprint density at radius 2 is 2.21 bits per heavy atom. The zero-order chi connectivity index (χ0) is 14.0. The molecule has 1 aromatic rings. The molecule has 0 aromatic heterocycles. The van der Waals surface area contributed by atoms with Gasteiger partial charge in [0.05, 0.1) is 10.4 Å². The summed E-state index contributed by atoms with van der Waals surface area (Å²) in [7, 11) is 0. The molecule has 2 rings (SSSR count). The van der Waals surface area contributed by atoms with Crippen LogP contribution in [0.2, 0.25) is 0 Å². The van der Waals surface area contributed by atoms with Gasteiger partial charge >= 0.3 is 0 Å². The molecule has 5 heteroatoms. The van der Waals surface area contributed by atoms with Gasteiger partial charge in [0.2, 0.25) is 5.91 Å². The van der Waals surface area contributed by atoms with Gasteiger partial charge in [0, 0.05) is 23.7 Å². The highest BCUT2D eigenvalue weighted by Crippen LogP contribution is 2.47. The number of benzene rings is 1. The van der Waals surface area contributed by atoms with E-state index in [1.165, 1.54) is 0 Å². The molecule has 1 atom stereocenters. The minimum Gasteiger partial charge on any atom is -0.399 e. The molecule has 0 saturated carbocycles. The summed E-state index contributed by atoms with van der Waals surface area (Å²) >= 11 is 1.59. The molecule has 1 unspecified atom stereocenters. The zero-order valence-corrected chi connectivity index (χ0v) is 12.2. The number of carbonyl (C=O) groups is 1. The predicted octanol–water partition coefficient (Wildman–Crippen LogP) is 2.26. The fourth-order valence-electron chi connectivity index (χ4n) is 2.19. The number of rotatable bonds is 4. The highest BCUT2D eigenvalue weighted by molar-refractivity contribution is 8.01. The van der Waals surface area contributed by atoms with Gasteiger partial charge in [0.1, 0.15) is 0 Å². The molecule has 4 nitrogen and oxygen atoms in total. The second-order valence-corrected chi connectivity index (χ2v) is 6.49. The van der Waals surface area contributed by atoms with Gasteiger partial charge in [-0.15, -0.1) is 11.8 Å². The third kappa shape index (κ3) is 2.58. The largest absolute Gasteiger partial charge is 0.399 e. The number of thioether (sulfide) groups is 1. The van der Waals surface area contributed by atoms with Crippen molar-refractivity contribution in [3.05, 3.63) is 18.2 Å². The number of carbonyl (C=O) groups excluding carboxylic acids is 1. The number of aliphatic hydroxyl groups is 1. The number of nitrogen functional groups attached to an aromatic ring is 1. The predicted molar refractivity (Wildman–Crippen MR) is 79.5 cm³/mol. The summed E-state index contributed by atoms with van der Waals surface area (Å²) in [4.78, 5) is 15.5. The monoisotopic (exact) mass is 280 g/mol. The second-order valence-electron chi connectivity index (χ2n) is 4.95. The van der Waals surface area contributed by atoms with Crippen molar-refractivity contribution in [1.29, 1.82) is 0 Å². The summed E-state index contributed by atoms with van der Waals surface area (Å²) in [5.41, 5.74) is 7.45. The molecule has 1 aliphatic heterocycles. The van der Waals surface area contributed by atoms with E-state index in [4.69, 9.17) is 10.8 Å². The Hall–Kier alpha value is -1.20. The van der Waals surface area contributed by atoms with Gasteiger partial charge in [-0.2, -0.15) is 0 Å².